The Hall–Kier alpha value is -2.01. The highest BCUT2D eigenvalue weighted by molar-refractivity contribution is 7.12. The average Bonchev–Trinajstić information content (AvgIpc) is 3.19. The normalized spacial score (nSPS) is 17.9. The summed E-state index contributed by atoms with van der Waals surface area (Å²) in [6.45, 7) is 1.94. The van der Waals surface area contributed by atoms with Crippen LogP contribution in [-0.2, 0) is 0 Å². The van der Waals surface area contributed by atoms with Gasteiger partial charge in [0.15, 0.2) is 11.5 Å². The van der Waals surface area contributed by atoms with Gasteiger partial charge in [0.2, 0.25) is 0 Å². The third kappa shape index (κ3) is 2.25. The molecule has 5 heteroatoms. The number of anilines is 1. The Morgan fingerprint density at radius 1 is 1.18 bits per heavy atom. The van der Waals surface area contributed by atoms with Gasteiger partial charge in [0, 0.05) is 24.6 Å². The van der Waals surface area contributed by atoms with Crippen LogP contribution in [0.2, 0.25) is 0 Å². The van der Waals surface area contributed by atoms with Gasteiger partial charge >= 0.3 is 0 Å². The predicted molar refractivity (Wildman–Crippen MR) is 85.9 cm³/mol. The lowest BCUT2D eigenvalue weighted by Crippen LogP contribution is -2.34. The Balaban J connectivity index is 1.54. The van der Waals surface area contributed by atoms with Gasteiger partial charge in [0.25, 0.3) is 11.7 Å². The SMILES string of the molecule is Cc1ccsc1C(=O)Nc1ccc2c(c1)OC1(CCCC1)O2. The first-order valence-corrected chi connectivity index (χ1v) is 8.41. The Morgan fingerprint density at radius 3 is 2.68 bits per heavy atom. The number of ether oxygens (including phenoxy) is 2. The van der Waals surface area contributed by atoms with E-state index in [0.29, 0.717) is 0 Å². The van der Waals surface area contributed by atoms with Crippen LogP contribution in [0.4, 0.5) is 5.69 Å². The molecule has 0 atom stereocenters. The van der Waals surface area contributed by atoms with Crippen molar-refractivity contribution in [2.75, 3.05) is 5.32 Å². The molecule has 0 unspecified atom stereocenters. The van der Waals surface area contributed by atoms with Crippen LogP contribution < -0.4 is 14.8 Å². The molecule has 4 nitrogen and oxygen atoms in total. The third-order valence-electron chi connectivity index (χ3n) is 4.23. The Bertz CT molecular complexity index is 731. The first-order chi connectivity index (χ1) is 10.7. The van der Waals surface area contributed by atoms with Crippen molar-refractivity contribution in [2.24, 2.45) is 0 Å². The molecule has 22 heavy (non-hydrogen) atoms. The van der Waals surface area contributed by atoms with E-state index in [2.05, 4.69) is 5.32 Å². The maximum absolute atomic E-state index is 12.3. The van der Waals surface area contributed by atoms with E-state index in [9.17, 15) is 4.79 Å². The highest BCUT2D eigenvalue weighted by Gasteiger charge is 2.44. The number of nitrogens with one attached hydrogen (secondary N) is 1. The van der Waals surface area contributed by atoms with Crippen LogP contribution in [0, 0.1) is 6.92 Å². The number of amides is 1. The molecule has 1 aromatic heterocycles. The molecule has 1 saturated carbocycles. The molecule has 1 amide bonds. The number of benzene rings is 1. The van der Waals surface area contributed by atoms with E-state index in [0.717, 1.165) is 53.3 Å². The van der Waals surface area contributed by atoms with Gasteiger partial charge in [0.05, 0.1) is 4.88 Å². The maximum atomic E-state index is 12.3. The van der Waals surface area contributed by atoms with Crippen molar-refractivity contribution in [1.29, 1.82) is 0 Å². The molecule has 2 aliphatic rings. The Labute approximate surface area is 133 Å². The molecular formula is C17H17NO3S. The van der Waals surface area contributed by atoms with E-state index >= 15 is 0 Å². The lowest BCUT2D eigenvalue weighted by atomic mass is 10.2. The van der Waals surface area contributed by atoms with Crippen molar-refractivity contribution in [3.05, 3.63) is 40.1 Å². The molecule has 1 aliphatic heterocycles. The highest BCUT2D eigenvalue weighted by Crippen LogP contribution is 2.47. The number of rotatable bonds is 2. The minimum absolute atomic E-state index is 0.0815. The van der Waals surface area contributed by atoms with Gasteiger partial charge in [0.1, 0.15) is 0 Å². The Morgan fingerprint density at radius 2 is 1.95 bits per heavy atom. The molecule has 0 bridgehead atoms. The molecule has 1 aliphatic carbocycles. The summed E-state index contributed by atoms with van der Waals surface area (Å²) in [5.41, 5.74) is 1.73. The van der Waals surface area contributed by atoms with E-state index in [1.807, 2.05) is 36.6 Å². The summed E-state index contributed by atoms with van der Waals surface area (Å²) in [6, 6.07) is 7.53. The molecule has 2 heterocycles. The summed E-state index contributed by atoms with van der Waals surface area (Å²) in [5.74, 6) is 0.951. The van der Waals surface area contributed by atoms with E-state index in [4.69, 9.17) is 9.47 Å². The third-order valence-corrected chi connectivity index (χ3v) is 5.24. The van der Waals surface area contributed by atoms with Gasteiger partial charge in [-0.25, -0.2) is 0 Å². The smallest absolute Gasteiger partial charge is 0.265 e. The van der Waals surface area contributed by atoms with E-state index in [-0.39, 0.29) is 5.91 Å². The zero-order valence-corrected chi connectivity index (χ0v) is 13.2. The van der Waals surface area contributed by atoms with Crippen molar-refractivity contribution in [1.82, 2.24) is 0 Å². The summed E-state index contributed by atoms with van der Waals surface area (Å²) in [4.78, 5) is 13.0. The van der Waals surface area contributed by atoms with Crippen molar-refractivity contribution >= 4 is 22.9 Å². The van der Waals surface area contributed by atoms with Crippen LogP contribution in [0.25, 0.3) is 0 Å². The number of fused-ring (bicyclic) bond motifs is 1. The highest BCUT2D eigenvalue weighted by atomic mass is 32.1. The van der Waals surface area contributed by atoms with E-state index in [1.54, 1.807) is 0 Å². The fourth-order valence-corrected chi connectivity index (χ4v) is 3.90. The van der Waals surface area contributed by atoms with E-state index in [1.165, 1.54) is 11.3 Å². The molecule has 114 valence electrons. The van der Waals surface area contributed by atoms with Crippen LogP contribution >= 0.6 is 11.3 Å². The quantitative estimate of drug-likeness (QED) is 0.896. The summed E-state index contributed by atoms with van der Waals surface area (Å²) in [5, 5.41) is 4.85. The predicted octanol–water partition coefficient (Wildman–Crippen LogP) is 4.35. The number of thiophene rings is 1. The molecule has 2 aromatic rings. The average molecular weight is 315 g/mol. The second-order valence-electron chi connectivity index (χ2n) is 5.87. The molecule has 0 saturated heterocycles. The molecule has 1 fully saturated rings. The molecule has 0 radical (unpaired) electrons. The van der Waals surface area contributed by atoms with Crippen LogP contribution in [0.3, 0.4) is 0 Å². The maximum Gasteiger partial charge on any atom is 0.265 e. The summed E-state index contributed by atoms with van der Waals surface area (Å²) in [6.07, 6.45) is 4.12. The molecular weight excluding hydrogens is 298 g/mol. The molecule has 1 aromatic carbocycles. The molecule has 4 rings (SSSR count). The van der Waals surface area contributed by atoms with Gasteiger partial charge in [-0.05, 0) is 48.9 Å². The summed E-state index contributed by atoms with van der Waals surface area (Å²) >= 11 is 1.45. The summed E-state index contributed by atoms with van der Waals surface area (Å²) < 4.78 is 12.0. The fourth-order valence-electron chi connectivity index (χ4n) is 3.08. The Kier molecular flexibility index (Phi) is 3.11. The van der Waals surface area contributed by atoms with Crippen LogP contribution in [0.5, 0.6) is 11.5 Å². The van der Waals surface area contributed by atoms with Crippen LogP contribution in [-0.4, -0.2) is 11.7 Å². The number of carbonyl (C=O) groups is 1. The standard InChI is InChI=1S/C17H17NO3S/c1-11-6-9-22-15(11)16(19)18-12-4-5-13-14(10-12)21-17(20-13)7-2-3-8-17/h4-6,9-10H,2-3,7-8H2,1H3,(H,18,19). The zero-order valence-electron chi connectivity index (χ0n) is 12.3. The number of carbonyl (C=O) groups excluding carboxylic acids is 1. The van der Waals surface area contributed by atoms with Crippen molar-refractivity contribution < 1.29 is 14.3 Å². The first-order valence-electron chi connectivity index (χ1n) is 7.53. The van der Waals surface area contributed by atoms with Gasteiger partial charge in [-0.2, -0.15) is 0 Å². The lowest BCUT2D eigenvalue weighted by molar-refractivity contribution is -0.0716. The molecule has 1 N–H and O–H groups in total. The second-order valence-corrected chi connectivity index (χ2v) is 6.79. The monoisotopic (exact) mass is 315 g/mol. The largest absolute Gasteiger partial charge is 0.448 e. The van der Waals surface area contributed by atoms with Gasteiger partial charge in [-0.15, -0.1) is 11.3 Å². The lowest BCUT2D eigenvalue weighted by Gasteiger charge is -2.21. The zero-order chi connectivity index (χ0) is 15.2. The fraction of sp³-hybridized carbons (Fsp3) is 0.353. The van der Waals surface area contributed by atoms with Crippen LogP contribution in [0.15, 0.2) is 29.6 Å². The number of hydrogen-bond acceptors (Lipinski definition) is 4. The van der Waals surface area contributed by atoms with Crippen molar-refractivity contribution in [3.63, 3.8) is 0 Å². The first kappa shape index (κ1) is 13.6. The van der Waals surface area contributed by atoms with Crippen molar-refractivity contribution in [2.45, 2.75) is 38.4 Å². The second kappa shape index (κ2) is 5.02. The minimum atomic E-state index is -0.463. The van der Waals surface area contributed by atoms with Gasteiger partial charge in [-0.1, -0.05) is 0 Å². The topological polar surface area (TPSA) is 47.6 Å². The minimum Gasteiger partial charge on any atom is -0.448 e. The van der Waals surface area contributed by atoms with Gasteiger partial charge in [-0.3, -0.25) is 4.79 Å². The number of aryl methyl sites for hydroxylation is 1. The van der Waals surface area contributed by atoms with Gasteiger partial charge < -0.3 is 14.8 Å². The summed E-state index contributed by atoms with van der Waals surface area (Å²) in [7, 11) is 0. The number of hydrogen-bond donors (Lipinski definition) is 1. The molecule has 1 spiro atoms. The van der Waals surface area contributed by atoms with E-state index < -0.39 is 5.79 Å². The van der Waals surface area contributed by atoms with Crippen molar-refractivity contribution in [3.8, 4) is 11.5 Å². The van der Waals surface area contributed by atoms with Crippen LogP contribution in [0.1, 0.15) is 40.9 Å².